The van der Waals surface area contributed by atoms with Crippen LogP contribution in [0.1, 0.15) is 70.6 Å². The van der Waals surface area contributed by atoms with Gasteiger partial charge in [0.1, 0.15) is 12.7 Å². The number of hydrogen-bond acceptors (Lipinski definition) is 5. The van der Waals surface area contributed by atoms with Crippen LogP contribution < -0.4 is 0 Å². The summed E-state index contributed by atoms with van der Waals surface area (Å²) in [5.74, 6) is 0. The predicted molar refractivity (Wildman–Crippen MR) is 83.5 cm³/mol. The SMILES string of the molecule is O=C(OCC(F)S(=O)(=O)O)OC1CCCCCCCCCCC1. The van der Waals surface area contributed by atoms with E-state index >= 15 is 0 Å². The van der Waals surface area contributed by atoms with Crippen LogP contribution in [0.2, 0.25) is 0 Å². The van der Waals surface area contributed by atoms with Gasteiger partial charge in [-0.15, -0.1) is 0 Å². The van der Waals surface area contributed by atoms with E-state index < -0.39 is 28.4 Å². The second-order valence-corrected chi connectivity index (χ2v) is 7.53. The fourth-order valence-electron chi connectivity index (χ4n) is 2.63. The van der Waals surface area contributed by atoms with Gasteiger partial charge >= 0.3 is 16.3 Å². The van der Waals surface area contributed by atoms with Crippen LogP contribution in [0.25, 0.3) is 0 Å². The minimum absolute atomic E-state index is 0.286. The zero-order valence-corrected chi connectivity index (χ0v) is 14.2. The van der Waals surface area contributed by atoms with Crippen molar-refractivity contribution in [3.05, 3.63) is 0 Å². The van der Waals surface area contributed by atoms with E-state index in [0.717, 1.165) is 38.5 Å². The molecule has 1 fully saturated rings. The zero-order valence-electron chi connectivity index (χ0n) is 13.4. The van der Waals surface area contributed by atoms with Gasteiger partial charge in [0.05, 0.1) is 0 Å². The van der Waals surface area contributed by atoms with E-state index in [1.807, 2.05) is 0 Å². The highest BCUT2D eigenvalue weighted by Crippen LogP contribution is 2.19. The molecule has 0 amide bonds. The first kappa shape index (κ1) is 20.2. The minimum Gasteiger partial charge on any atom is -0.431 e. The minimum atomic E-state index is -4.86. The molecule has 6 nitrogen and oxygen atoms in total. The van der Waals surface area contributed by atoms with Gasteiger partial charge in [-0.3, -0.25) is 4.55 Å². The van der Waals surface area contributed by atoms with Gasteiger partial charge in [0.15, 0.2) is 0 Å². The normalized spacial score (nSPS) is 20.8. The first-order chi connectivity index (χ1) is 10.9. The molecule has 0 radical (unpaired) electrons. The van der Waals surface area contributed by atoms with Crippen LogP contribution in [0.3, 0.4) is 0 Å². The predicted octanol–water partition coefficient (Wildman–Crippen LogP) is 4.00. The van der Waals surface area contributed by atoms with Crippen LogP contribution in [0.5, 0.6) is 0 Å². The van der Waals surface area contributed by atoms with Gasteiger partial charge in [-0.05, 0) is 25.7 Å². The van der Waals surface area contributed by atoms with Gasteiger partial charge in [-0.25, -0.2) is 9.18 Å². The molecule has 1 saturated carbocycles. The van der Waals surface area contributed by atoms with E-state index in [1.165, 1.54) is 32.1 Å². The molecule has 1 aliphatic rings. The Labute approximate surface area is 137 Å². The molecule has 0 saturated heterocycles. The lowest BCUT2D eigenvalue weighted by Gasteiger charge is -2.18. The summed E-state index contributed by atoms with van der Waals surface area (Å²) in [4.78, 5) is 11.5. The Bertz CT molecular complexity index is 427. The number of carbonyl (C=O) groups is 1. The Morgan fingerprint density at radius 2 is 1.43 bits per heavy atom. The molecule has 8 heteroatoms. The molecule has 0 aromatic carbocycles. The van der Waals surface area contributed by atoms with Crippen molar-refractivity contribution in [3.8, 4) is 0 Å². The summed E-state index contributed by atoms with van der Waals surface area (Å²) in [6.45, 7) is -1.07. The van der Waals surface area contributed by atoms with Crippen LogP contribution >= 0.6 is 0 Å². The summed E-state index contributed by atoms with van der Waals surface area (Å²) in [5.41, 5.74) is -2.65. The number of ether oxygens (including phenoxy) is 2. The molecule has 1 aliphatic carbocycles. The van der Waals surface area contributed by atoms with Crippen molar-refractivity contribution in [2.75, 3.05) is 6.61 Å². The summed E-state index contributed by atoms with van der Waals surface area (Å²) < 4.78 is 52.0. The zero-order chi connectivity index (χ0) is 17.1. The molecule has 1 N–H and O–H groups in total. The lowest BCUT2D eigenvalue weighted by Crippen LogP contribution is -2.26. The van der Waals surface area contributed by atoms with Gasteiger partial charge in [0.25, 0.3) is 5.50 Å². The van der Waals surface area contributed by atoms with Crippen LogP contribution in [0, 0.1) is 0 Å². The van der Waals surface area contributed by atoms with E-state index in [0.29, 0.717) is 0 Å². The van der Waals surface area contributed by atoms with E-state index in [1.54, 1.807) is 0 Å². The highest BCUT2D eigenvalue weighted by molar-refractivity contribution is 7.86. The Balaban J connectivity index is 2.36. The molecule has 0 aromatic heterocycles. The second kappa shape index (κ2) is 10.8. The quantitative estimate of drug-likeness (QED) is 0.606. The van der Waals surface area contributed by atoms with Crippen molar-refractivity contribution < 1.29 is 31.6 Å². The smallest absolute Gasteiger partial charge is 0.431 e. The third-order valence-electron chi connectivity index (χ3n) is 3.97. The van der Waals surface area contributed by atoms with Crippen LogP contribution in [-0.4, -0.2) is 37.3 Å². The topological polar surface area (TPSA) is 89.9 Å². The summed E-state index contributed by atoms with van der Waals surface area (Å²) in [7, 11) is -4.86. The van der Waals surface area contributed by atoms with Gasteiger partial charge in [-0.1, -0.05) is 44.9 Å². The largest absolute Gasteiger partial charge is 0.508 e. The fraction of sp³-hybridized carbons (Fsp3) is 0.933. The molecule has 1 rings (SSSR count). The maximum Gasteiger partial charge on any atom is 0.508 e. The molecule has 0 bridgehead atoms. The maximum absolute atomic E-state index is 13.0. The van der Waals surface area contributed by atoms with Gasteiger partial charge in [-0.2, -0.15) is 8.42 Å². The third kappa shape index (κ3) is 9.76. The third-order valence-corrected chi connectivity index (χ3v) is 4.75. The van der Waals surface area contributed by atoms with E-state index in [2.05, 4.69) is 4.74 Å². The van der Waals surface area contributed by atoms with E-state index in [-0.39, 0.29) is 6.10 Å². The standard InChI is InChI=1S/C15H27FO6S/c16-14(23(18,19)20)12-21-15(17)22-13-10-8-6-4-2-1-3-5-7-9-11-13/h13-14H,1-12H2,(H,18,19,20). The molecule has 0 aromatic rings. The van der Waals surface area contributed by atoms with Crippen molar-refractivity contribution in [2.24, 2.45) is 0 Å². The molecule has 1 unspecified atom stereocenters. The van der Waals surface area contributed by atoms with Crippen molar-refractivity contribution in [1.82, 2.24) is 0 Å². The van der Waals surface area contributed by atoms with E-state index in [4.69, 9.17) is 9.29 Å². The molecule has 0 aliphatic heterocycles. The number of carbonyl (C=O) groups excluding carboxylic acids is 1. The first-order valence-electron chi connectivity index (χ1n) is 8.33. The van der Waals surface area contributed by atoms with Crippen molar-refractivity contribution >= 4 is 16.3 Å². The lowest BCUT2D eigenvalue weighted by molar-refractivity contribution is 0.0106. The number of hydrogen-bond donors (Lipinski definition) is 1. The van der Waals surface area contributed by atoms with Crippen LogP contribution in [0.4, 0.5) is 9.18 Å². The number of rotatable bonds is 4. The summed E-state index contributed by atoms with van der Waals surface area (Å²) in [5, 5.41) is 0. The Hall–Kier alpha value is -0.890. The number of halogens is 1. The van der Waals surface area contributed by atoms with Gasteiger partial charge in [0.2, 0.25) is 0 Å². The van der Waals surface area contributed by atoms with Crippen molar-refractivity contribution in [1.29, 1.82) is 0 Å². The summed E-state index contributed by atoms with van der Waals surface area (Å²) >= 11 is 0. The fourth-order valence-corrected chi connectivity index (χ4v) is 2.87. The summed E-state index contributed by atoms with van der Waals surface area (Å²) in [6.07, 6.45) is 10.3. The highest BCUT2D eigenvalue weighted by atomic mass is 32.2. The molecular formula is C15H27FO6S. The molecule has 0 spiro atoms. The highest BCUT2D eigenvalue weighted by Gasteiger charge is 2.25. The molecular weight excluding hydrogens is 327 g/mol. The van der Waals surface area contributed by atoms with Gasteiger partial charge in [0, 0.05) is 0 Å². The van der Waals surface area contributed by atoms with Crippen molar-refractivity contribution in [3.63, 3.8) is 0 Å². The lowest BCUT2D eigenvalue weighted by atomic mass is 9.99. The Kier molecular flexibility index (Phi) is 9.47. The molecule has 23 heavy (non-hydrogen) atoms. The van der Waals surface area contributed by atoms with Crippen molar-refractivity contribution in [2.45, 2.75) is 82.2 Å². The number of alkyl halides is 1. The average molecular weight is 354 g/mol. The maximum atomic E-state index is 13.0. The second-order valence-electron chi connectivity index (χ2n) is 5.99. The van der Waals surface area contributed by atoms with Crippen LogP contribution in [0.15, 0.2) is 0 Å². The van der Waals surface area contributed by atoms with Gasteiger partial charge < -0.3 is 9.47 Å². The summed E-state index contributed by atoms with van der Waals surface area (Å²) in [6, 6.07) is 0. The van der Waals surface area contributed by atoms with Crippen LogP contribution in [-0.2, 0) is 19.6 Å². The molecule has 1 atom stereocenters. The molecule has 0 heterocycles. The Morgan fingerprint density at radius 3 is 1.87 bits per heavy atom. The Morgan fingerprint density at radius 1 is 1.00 bits per heavy atom. The first-order valence-corrected chi connectivity index (χ1v) is 9.83. The monoisotopic (exact) mass is 354 g/mol. The van der Waals surface area contributed by atoms with E-state index in [9.17, 15) is 17.6 Å². The average Bonchev–Trinajstić information content (AvgIpc) is 2.46. The molecule has 136 valence electrons.